The van der Waals surface area contributed by atoms with Crippen LogP contribution in [0.25, 0.3) is 10.9 Å². The van der Waals surface area contributed by atoms with Gasteiger partial charge in [0.2, 0.25) is 0 Å². The molecule has 2 aromatic carbocycles. The van der Waals surface area contributed by atoms with Gasteiger partial charge < -0.3 is 15.6 Å². The lowest BCUT2D eigenvalue weighted by atomic mass is 10.2. The molecule has 0 unspecified atom stereocenters. The number of fused-ring (bicyclic) bond motifs is 1. The van der Waals surface area contributed by atoms with Gasteiger partial charge >= 0.3 is 0 Å². The van der Waals surface area contributed by atoms with Crippen molar-refractivity contribution in [2.24, 2.45) is 0 Å². The first kappa shape index (κ1) is 12.3. The van der Waals surface area contributed by atoms with Crippen molar-refractivity contribution < 1.29 is 9.84 Å². The number of pyridine rings is 1. The summed E-state index contributed by atoms with van der Waals surface area (Å²) in [5, 5.41) is 10.6. The quantitative estimate of drug-likeness (QED) is 0.564. The van der Waals surface area contributed by atoms with E-state index in [2.05, 4.69) is 4.98 Å². The number of aromatic nitrogens is 1. The maximum absolute atomic E-state index is 9.52. The third kappa shape index (κ3) is 2.36. The highest BCUT2D eigenvalue weighted by Crippen LogP contribution is 2.30. The second-order valence-corrected chi connectivity index (χ2v) is 4.47. The maximum atomic E-state index is 9.52. The molecular weight excluding hydrogens is 252 g/mol. The first-order chi connectivity index (χ1) is 9.74. The van der Waals surface area contributed by atoms with E-state index in [1.165, 1.54) is 6.07 Å². The molecule has 0 fully saturated rings. The number of rotatable bonds is 3. The fraction of sp³-hybridized carbons (Fsp3) is 0.0625. The van der Waals surface area contributed by atoms with Crippen molar-refractivity contribution in [3.63, 3.8) is 0 Å². The fourth-order valence-corrected chi connectivity index (χ4v) is 2.00. The second-order valence-electron chi connectivity index (χ2n) is 4.47. The topological polar surface area (TPSA) is 68.4 Å². The first-order valence-electron chi connectivity index (χ1n) is 6.29. The highest BCUT2D eigenvalue weighted by Gasteiger charge is 2.05. The van der Waals surface area contributed by atoms with Crippen LogP contribution in [-0.4, -0.2) is 10.1 Å². The van der Waals surface area contributed by atoms with Crippen molar-refractivity contribution in [1.29, 1.82) is 0 Å². The zero-order chi connectivity index (χ0) is 13.9. The predicted molar refractivity (Wildman–Crippen MR) is 78.6 cm³/mol. The molecule has 0 amide bonds. The number of ether oxygens (including phenoxy) is 1. The Kier molecular flexibility index (Phi) is 3.13. The Hall–Kier alpha value is -2.75. The average molecular weight is 266 g/mol. The monoisotopic (exact) mass is 266 g/mol. The van der Waals surface area contributed by atoms with Gasteiger partial charge in [0.15, 0.2) is 0 Å². The number of phenols is 1. The summed E-state index contributed by atoms with van der Waals surface area (Å²) in [6.07, 6.45) is 0. The molecular formula is C16H14N2O2. The van der Waals surface area contributed by atoms with Gasteiger partial charge in [0.05, 0.1) is 11.2 Å². The molecule has 0 spiro atoms. The lowest BCUT2D eigenvalue weighted by Gasteiger charge is -2.09. The van der Waals surface area contributed by atoms with E-state index in [9.17, 15) is 5.11 Å². The van der Waals surface area contributed by atoms with Gasteiger partial charge in [-0.3, -0.25) is 0 Å². The Bertz CT molecular complexity index is 756. The van der Waals surface area contributed by atoms with Gasteiger partial charge in [0, 0.05) is 5.39 Å². The molecule has 0 aliphatic rings. The van der Waals surface area contributed by atoms with Gasteiger partial charge in [-0.15, -0.1) is 0 Å². The summed E-state index contributed by atoms with van der Waals surface area (Å²) in [7, 11) is 0. The molecule has 0 saturated heterocycles. The zero-order valence-electron chi connectivity index (χ0n) is 10.8. The van der Waals surface area contributed by atoms with Crippen LogP contribution in [0.3, 0.4) is 0 Å². The molecule has 3 rings (SSSR count). The lowest BCUT2D eigenvalue weighted by Crippen LogP contribution is -2.00. The Morgan fingerprint density at radius 1 is 1.00 bits per heavy atom. The molecule has 0 radical (unpaired) electrons. The SMILES string of the molecule is Nc1c(O)cccc1OCc1ccc2ccccc2n1. The van der Waals surface area contributed by atoms with Gasteiger partial charge in [-0.25, -0.2) is 4.98 Å². The van der Waals surface area contributed by atoms with E-state index >= 15 is 0 Å². The summed E-state index contributed by atoms with van der Waals surface area (Å²) in [6.45, 7) is 0.304. The van der Waals surface area contributed by atoms with E-state index in [-0.39, 0.29) is 11.4 Å². The molecule has 4 heteroatoms. The average Bonchev–Trinajstić information content (AvgIpc) is 2.48. The second kappa shape index (κ2) is 5.09. The largest absolute Gasteiger partial charge is 0.506 e. The highest BCUT2D eigenvalue weighted by atomic mass is 16.5. The third-order valence-electron chi connectivity index (χ3n) is 3.07. The number of nitrogens with two attached hydrogens (primary N) is 1. The summed E-state index contributed by atoms with van der Waals surface area (Å²) in [4.78, 5) is 4.51. The fourth-order valence-electron chi connectivity index (χ4n) is 2.00. The minimum Gasteiger partial charge on any atom is -0.506 e. The summed E-state index contributed by atoms with van der Waals surface area (Å²) in [5.74, 6) is 0.480. The van der Waals surface area contributed by atoms with Crippen LogP contribution in [-0.2, 0) is 6.61 Å². The molecule has 20 heavy (non-hydrogen) atoms. The molecule has 3 N–H and O–H groups in total. The van der Waals surface area contributed by atoms with Crippen LogP contribution in [0.5, 0.6) is 11.5 Å². The highest BCUT2D eigenvalue weighted by molar-refractivity contribution is 5.78. The smallest absolute Gasteiger partial charge is 0.146 e. The summed E-state index contributed by atoms with van der Waals surface area (Å²) < 4.78 is 5.61. The van der Waals surface area contributed by atoms with Crippen LogP contribution < -0.4 is 10.5 Å². The molecule has 1 aromatic heterocycles. The normalized spacial score (nSPS) is 10.6. The van der Waals surface area contributed by atoms with E-state index in [1.54, 1.807) is 12.1 Å². The molecule has 100 valence electrons. The summed E-state index contributed by atoms with van der Waals surface area (Å²) >= 11 is 0. The van der Waals surface area contributed by atoms with Crippen molar-refractivity contribution in [3.8, 4) is 11.5 Å². The number of phenolic OH excluding ortho intramolecular Hbond substituents is 1. The number of benzene rings is 2. The van der Waals surface area contributed by atoms with Gasteiger partial charge in [-0.1, -0.05) is 30.3 Å². The maximum Gasteiger partial charge on any atom is 0.146 e. The van der Waals surface area contributed by atoms with E-state index in [1.807, 2.05) is 36.4 Å². The van der Waals surface area contributed by atoms with Crippen LogP contribution >= 0.6 is 0 Å². The van der Waals surface area contributed by atoms with Crippen molar-refractivity contribution in [2.75, 3.05) is 5.73 Å². The lowest BCUT2D eigenvalue weighted by molar-refractivity contribution is 0.302. The van der Waals surface area contributed by atoms with E-state index in [0.29, 0.717) is 12.4 Å². The Morgan fingerprint density at radius 3 is 2.75 bits per heavy atom. The van der Waals surface area contributed by atoms with Gasteiger partial charge in [-0.2, -0.15) is 0 Å². The van der Waals surface area contributed by atoms with Crippen LogP contribution in [0.15, 0.2) is 54.6 Å². The van der Waals surface area contributed by atoms with Crippen molar-refractivity contribution >= 4 is 16.6 Å². The molecule has 4 nitrogen and oxygen atoms in total. The molecule has 0 saturated carbocycles. The van der Waals surface area contributed by atoms with E-state index < -0.39 is 0 Å². The number of anilines is 1. The standard InChI is InChI=1S/C16H14N2O2/c17-16-14(19)6-3-7-15(16)20-10-12-9-8-11-4-1-2-5-13(11)18-12/h1-9,19H,10,17H2. The minimum atomic E-state index is 0.0222. The van der Waals surface area contributed by atoms with Crippen LogP contribution in [0.4, 0.5) is 5.69 Å². The van der Waals surface area contributed by atoms with Crippen molar-refractivity contribution in [2.45, 2.75) is 6.61 Å². The molecule has 3 aromatic rings. The van der Waals surface area contributed by atoms with E-state index in [0.717, 1.165) is 16.6 Å². The van der Waals surface area contributed by atoms with Crippen molar-refractivity contribution in [3.05, 3.63) is 60.3 Å². The van der Waals surface area contributed by atoms with Gasteiger partial charge in [0.25, 0.3) is 0 Å². The number of nitrogen functional groups attached to an aromatic ring is 1. The Labute approximate surface area is 116 Å². The first-order valence-corrected chi connectivity index (χ1v) is 6.29. The summed E-state index contributed by atoms with van der Waals surface area (Å²) in [6, 6.07) is 16.8. The van der Waals surface area contributed by atoms with Gasteiger partial charge in [-0.05, 0) is 24.3 Å². The van der Waals surface area contributed by atoms with E-state index in [4.69, 9.17) is 10.5 Å². The molecule has 0 aliphatic heterocycles. The van der Waals surface area contributed by atoms with Gasteiger partial charge in [0.1, 0.15) is 23.8 Å². The Balaban J connectivity index is 1.81. The van der Waals surface area contributed by atoms with Crippen molar-refractivity contribution in [1.82, 2.24) is 4.98 Å². The third-order valence-corrected chi connectivity index (χ3v) is 3.07. The molecule has 1 heterocycles. The number of para-hydroxylation sites is 2. The molecule has 0 atom stereocenters. The number of aromatic hydroxyl groups is 1. The van der Waals surface area contributed by atoms with Crippen LogP contribution in [0, 0.1) is 0 Å². The minimum absolute atomic E-state index is 0.0222. The molecule has 0 bridgehead atoms. The summed E-state index contributed by atoms with van der Waals surface area (Å²) in [5.41, 5.74) is 7.73. The van der Waals surface area contributed by atoms with Crippen LogP contribution in [0.2, 0.25) is 0 Å². The predicted octanol–water partition coefficient (Wildman–Crippen LogP) is 3.10. The Morgan fingerprint density at radius 2 is 1.85 bits per heavy atom. The molecule has 0 aliphatic carbocycles. The zero-order valence-corrected chi connectivity index (χ0v) is 10.8. The number of hydrogen-bond acceptors (Lipinski definition) is 4. The number of hydrogen-bond donors (Lipinski definition) is 2. The number of nitrogens with zero attached hydrogens (tertiary/aromatic N) is 1. The van der Waals surface area contributed by atoms with Crippen LogP contribution in [0.1, 0.15) is 5.69 Å².